The van der Waals surface area contributed by atoms with E-state index < -0.39 is 0 Å². The van der Waals surface area contributed by atoms with Crippen molar-refractivity contribution < 1.29 is 4.74 Å². The molecule has 0 aliphatic heterocycles. The summed E-state index contributed by atoms with van der Waals surface area (Å²) in [5.74, 6) is 1.38. The molecule has 0 radical (unpaired) electrons. The van der Waals surface area contributed by atoms with E-state index in [1.165, 1.54) is 0 Å². The van der Waals surface area contributed by atoms with E-state index in [0.717, 1.165) is 29.0 Å². The molecule has 0 aliphatic rings. The summed E-state index contributed by atoms with van der Waals surface area (Å²) in [4.78, 5) is 4.44. The smallest absolute Gasteiger partial charge is 0.219 e. The standard InChI is InChI=1S/C14H15BrN2O/c1-2-16-10-11-6-5-9-14(17-11)18-13-8-4-3-7-12(13)15/h3-9,16H,2,10H2,1H3. The molecule has 0 aliphatic carbocycles. The minimum Gasteiger partial charge on any atom is -0.438 e. The number of nitrogens with zero attached hydrogens (tertiary/aromatic N) is 1. The van der Waals surface area contributed by atoms with Crippen LogP contribution in [0.4, 0.5) is 0 Å². The first-order valence-corrected chi connectivity index (χ1v) is 6.68. The minimum absolute atomic E-state index is 0.609. The Morgan fingerprint density at radius 1 is 1.17 bits per heavy atom. The van der Waals surface area contributed by atoms with Gasteiger partial charge in [0.25, 0.3) is 0 Å². The van der Waals surface area contributed by atoms with Crippen molar-refractivity contribution >= 4 is 15.9 Å². The second kappa shape index (κ2) is 6.52. The van der Waals surface area contributed by atoms with Gasteiger partial charge in [0.15, 0.2) is 0 Å². The molecule has 0 saturated carbocycles. The molecule has 2 aromatic rings. The normalized spacial score (nSPS) is 10.3. The van der Waals surface area contributed by atoms with Crippen molar-refractivity contribution in [1.29, 1.82) is 0 Å². The lowest BCUT2D eigenvalue weighted by molar-refractivity contribution is 0.457. The van der Waals surface area contributed by atoms with Gasteiger partial charge in [-0.05, 0) is 40.7 Å². The van der Waals surface area contributed by atoms with Gasteiger partial charge in [-0.25, -0.2) is 4.98 Å². The summed E-state index contributed by atoms with van der Waals surface area (Å²) in [6, 6.07) is 13.5. The van der Waals surface area contributed by atoms with E-state index in [2.05, 4.69) is 33.2 Å². The highest BCUT2D eigenvalue weighted by Crippen LogP contribution is 2.28. The molecule has 3 nitrogen and oxygen atoms in total. The fourth-order valence-corrected chi connectivity index (χ4v) is 1.87. The van der Waals surface area contributed by atoms with Crippen molar-refractivity contribution in [2.75, 3.05) is 6.54 Å². The Kier molecular flexibility index (Phi) is 4.73. The van der Waals surface area contributed by atoms with E-state index in [0.29, 0.717) is 5.88 Å². The van der Waals surface area contributed by atoms with Crippen LogP contribution in [0.25, 0.3) is 0 Å². The molecule has 0 saturated heterocycles. The van der Waals surface area contributed by atoms with E-state index in [9.17, 15) is 0 Å². The van der Waals surface area contributed by atoms with Crippen molar-refractivity contribution in [1.82, 2.24) is 10.3 Å². The van der Waals surface area contributed by atoms with Gasteiger partial charge in [0, 0.05) is 12.6 Å². The molecule has 4 heteroatoms. The van der Waals surface area contributed by atoms with Crippen LogP contribution in [0.5, 0.6) is 11.6 Å². The molecule has 94 valence electrons. The lowest BCUT2D eigenvalue weighted by Gasteiger charge is -2.08. The van der Waals surface area contributed by atoms with E-state index >= 15 is 0 Å². The van der Waals surface area contributed by atoms with Gasteiger partial charge < -0.3 is 10.1 Å². The molecule has 1 N–H and O–H groups in total. The first kappa shape index (κ1) is 13.1. The Morgan fingerprint density at radius 2 is 2.00 bits per heavy atom. The number of pyridine rings is 1. The molecule has 0 unspecified atom stereocenters. The first-order chi connectivity index (χ1) is 8.79. The number of nitrogens with one attached hydrogen (secondary N) is 1. The van der Waals surface area contributed by atoms with Crippen molar-refractivity contribution in [3.63, 3.8) is 0 Å². The van der Waals surface area contributed by atoms with Gasteiger partial charge in [-0.1, -0.05) is 25.1 Å². The number of hydrogen-bond acceptors (Lipinski definition) is 3. The Morgan fingerprint density at radius 3 is 2.78 bits per heavy atom. The lowest BCUT2D eigenvalue weighted by atomic mass is 10.3. The number of hydrogen-bond donors (Lipinski definition) is 1. The minimum atomic E-state index is 0.609. The maximum absolute atomic E-state index is 5.74. The zero-order chi connectivity index (χ0) is 12.8. The highest BCUT2D eigenvalue weighted by Gasteiger charge is 2.03. The monoisotopic (exact) mass is 306 g/mol. The largest absolute Gasteiger partial charge is 0.438 e. The van der Waals surface area contributed by atoms with Crippen LogP contribution in [-0.4, -0.2) is 11.5 Å². The zero-order valence-electron chi connectivity index (χ0n) is 10.2. The molecule has 0 spiro atoms. The third-order valence-corrected chi connectivity index (χ3v) is 3.04. The van der Waals surface area contributed by atoms with E-state index in [1.807, 2.05) is 42.5 Å². The fraction of sp³-hybridized carbons (Fsp3) is 0.214. The number of rotatable bonds is 5. The predicted octanol–water partition coefficient (Wildman–Crippen LogP) is 3.75. The summed E-state index contributed by atoms with van der Waals surface area (Å²) in [7, 11) is 0. The maximum Gasteiger partial charge on any atom is 0.219 e. The third kappa shape index (κ3) is 3.55. The summed E-state index contributed by atoms with van der Waals surface area (Å²) >= 11 is 3.45. The summed E-state index contributed by atoms with van der Waals surface area (Å²) in [5, 5.41) is 3.24. The highest BCUT2D eigenvalue weighted by atomic mass is 79.9. The highest BCUT2D eigenvalue weighted by molar-refractivity contribution is 9.10. The number of aromatic nitrogens is 1. The molecule has 2 rings (SSSR count). The molecule has 18 heavy (non-hydrogen) atoms. The molecule has 1 heterocycles. The molecular formula is C14H15BrN2O. The second-order valence-electron chi connectivity index (χ2n) is 3.78. The Balaban J connectivity index is 2.12. The SMILES string of the molecule is CCNCc1cccc(Oc2ccccc2Br)n1. The van der Waals surface area contributed by atoms with E-state index in [1.54, 1.807) is 0 Å². The summed E-state index contributed by atoms with van der Waals surface area (Å²) in [5.41, 5.74) is 0.974. The van der Waals surface area contributed by atoms with Gasteiger partial charge in [0.1, 0.15) is 5.75 Å². The van der Waals surface area contributed by atoms with Crippen LogP contribution in [0, 0.1) is 0 Å². The Hall–Kier alpha value is -1.39. The van der Waals surface area contributed by atoms with Gasteiger partial charge in [-0.15, -0.1) is 0 Å². The summed E-state index contributed by atoms with van der Waals surface area (Å²) in [6.07, 6.45) is 0. The van der Waals surface area contributed by atoms with E-state index in [-0.39, 0.29) is 0 Å². The van der Waals surface area contributed by atoms with Crippen LogP contribution >= 0.6 is 15.9 Å². The Labute approximate surface area is 115 Å². The predicted molar refractivity (Wildman–Crippen MR) is 75.8 cm³/mol. The number of halogens is 1. The quantitative estimate of drug-likeness (QED) is 0.913. The first-order valence-electron chi connectivity index (χ1n) is 5.88. The topological polar surface area (TPSA) is 34.1 Å². The maximum atomic E-state index is 5.74. The number of para-hydroxylation sites is 1. The molecule has 0 fully saturated rings. The van der Waals surface area contributed by atoms with Gasteiger partial charge in [0.2, 0.25) is 5.88 Å². The second-order valence-corrected chi connectivity index (χ2v) is 4.63. The molecule has 1 aromatic carbocycles. The van der Waals surface area contributed by atoms with Gasteiger partial charge in [-0.3, -0.25) is 0 Å². The van der Waals surface area contributed by atoms with Crippen molar-refractivity contribution in [2.45, 2.75) is 13.5 Å². The van der Waals surface area contributed by atoms with Crippen LogP contribution in [0.1, 0.15) is 12.6 Å². The third-order valence-electron chi connectivity index (χ3n) is 2.39. The summed E-state index contributed by atoms with van der Waals surface area (Å²) < 4.78 is 6.66. The molecule has 0 atom stereocenters. The zero-order valence-corrected chi connectivity index (χ0v) is 11.8. The van der Waals surface area contributed by atoms with Crippen molar-refractivity contribution in [3.05, 3.63) is 52.6 Å². The van der Waals surface area contributed by atoms with Gasteiger partial charge >= 0.3 is 0 Å². The lowest BCUT2D eigenvalue weighted by Crippen LogP contribution is -2.12. The number of ether oxygens (including phenoxy) is 1. The van der Waals surface area contributed by atoms with Crippen molar-refractivity contribution in [3.8, 4) is 11.6 Å². The van der Waals surface area contributed by atoms with Crippen LogP contribution in [0.2, 0.25) is 0 Å². The van der Waals surface area contributed by atoms with Crippen LogP contribution in [0.3, 0.4) is 0 Å². The fourth-order valence-electron chi connectivity index (χ4n) is 1.51. The average Bonchev–Trinajstić information content (AvgIpc) is 2.40. The molecule has 0 bridgehead atoms. The van der Waals surface area contributed by atoms with E-state index in [4.69, 9.17) is 4.74 Å². The number of benzene rings is 1. The Bertz CT molecular complexity index is 517. The molecule has 0 amide bonds. The van der Waals surface area contributed by atoms with Gasteiger partial charge in [0.05, 0.1) is 10.2 Å². The summed E-state index contributed by atoms with van der Waals surface area (Å²) in [6.45, 7) is 3.75. The molecule has 1 aromatic heterocycles. The molecular weight excluding hydrogens is 292 g/mol. The average molecular weight is 307 g/mol. The van der Waals surface area contributed by atoms with Crippen LogP contribution in [-0.2, 0) is 6.54 Å². The van der Waals surface area contributed by atoms with Crippen molar-refractivity contribution in [2.24, 2.45) is 0 Å². The van der Waals surface area contributed by atoms with Gasteiger partial charge in [-0.2, -0.15) is 0 Å². The van der Waals surface area contributed by atoms with Crippen LogP contribution < -0.4 is 10.1 Å². The van der Waals surface area contributed by atoms with Crippen LogP contribution in [0.15, 0.2) is 46.9 Å².